The first-order chi connectivity index (χ1) is 13.0. The fourth-order valence-corrected chi connectivity index (χ4v) is 3.39. The number of aryl methyl sites for hydroxylation is 1. The Morgan fingerprint density at radius 3 is 2.74 bits per heavy atom. The van der Waals surface area contributed by atoms with Crippen molar-refractivity contribution >= 4 is 29.8 Å². The van der Waals surface area contributed by atoms with Crippen LogP contribution in [-0.4, -0.2) is 38.3 Å². The highest BCUT2D eigenvalue weighted by atomic mass is 32.2. The van der Waals surface area contributed by atoms with Gasteiger partial charge in [-0.05, 0) is 43.7 Å². The molecule has 0 saturated carbocycles. The van der Waals surface area contributed by atoms with Gasteiger partial charge in [0.2, 0.25) is 11.1 Å². The summed E-state index contributed by atoms with van der Waals surface area (Å²) in [5.41, 5.74) is 1.10. The minimum atomic E-state index is -0.279. The van der Waals surface area contributed by atoms with Crippen molar-refractivity contribution in [3.05, 3.63) is 65.4 Å². The Bertz CT molecular complexity index is 917. The van der Waals surface area contributed by atoms with Crippen molar-refractivity contribution in [2.45, 2.75) is 30.8 Å². The first-order valence-electron chi connectivity index (χ1n) is 8.64. The summed E-state index contributed by atoms with van der Waals surface area (Å²) in [6, 6.07) is 13.7. The monoisotopic (exact) mass is 382 g/mol. The third-order valence-electron chi connectivity index (χ3n) is 3.92. The van der Waals surface area contributed by atoms with E-state index in [1.165, 1.54) is 11.8 Å². The average Bonchev–Trinajstić information content (AvgIpc) is 3.28. The molecule has 0 bridgehead atoms. The van der Waals surface area contributed by atoms with Crippen molar-refractivity contribution in [1.82, 2.24) is 20.1 Å². The van der Waals surface area contributed by atoms with Gasteiger partial charge in [0.15, 0.2) is 0 Å². The smallest absolute Gasteiger partial charge is 0.235 e. The van der Waals surface area contributed by atoms with Crippen molar-refractivity contribution in [3.63, 3.8) is 0 Å². The molecular formula is C20H22N4O2S. The van der Waals surface area contributed by atoms with Crippen LogP contribution < -0.4 is 0 Å². The Kier molecular flexibility index (Phi) is 6.13. The van der Waals surface area contributed by atoms with E-state index in [0.29, 0.717) is 17.5 Å². The second-order valence-corrected chi connectivity index (χ2v) is 7.53. The Hall–Kier alpha value is -2.80. The van der Waals surface area contributed by atoms with E-state index in [1.807, 2.05) is 69.4 Å². The van der Waals surface area contributed by atoms with Crippen LogP contribution in [0.15, 0.2) is 52.0 Å². The molecule has 1 atom stereocenters. The number of carbonyl (C=O) groups excluding carboxylic acids is 1. The van der Waals surface area contributed by atoms with Gasteiger partial charge in [-0.3, -0.25) is 9.89 Å². The minimum absolute atomic E-state index is 0.0387. The maximum atomic E-state index is 12.6. The predicted octanol–water partition coefficient (Wildman–Crippen LogP) is 4.02. The molecule has 0 fully saturated rings. The number of amides is 1. The van der Waals surface area contributed by atoms with Crippen LogP contribution in [0, 0.1) is 6.92 Å². The average molecular weight is 382 g/mol. The summed E-state index contributed by atoms with van der Waals surface area (Å²) >= 11 is 1.34. The molecule has 1 N–H and O–H groups in total. The third kappa shape index (κ3) is 5.34. The van der Waals surface area contributed by atoms with E-state index in [2.05, 4.69) is 15.2 Å². The Labute approximate surface area is 162 Å². The minimum Gasteiger partial charge on any atom is -0.462 e. The van der Waals surface area contributed by atoms with Crippen LogP contribution in [0.4, 0.5) is 0 Å². The number of furan rings is 1. The molecule has 140 valence electrons. The Balaban J connectivity index is 1.55. The van der Waals surface area contributed by atoms with E-state index in [1.54, 1.807) is 11.0 Å². The molecule has 0 aliphatic heterocycles. The molecule has 0 aliphatic rings. The number of nitrogens with zero attached hydrogens (tertiary/aromatic N) is 3. The lowest BCUT2D eigenvalue weighted by atomic mass is 10.2. The lowest BCUT2D eigenvalue weighted by Gasteiger charge is -2.20. The van der Waals surface area contributed by atoms with Gasteiger partial charge < -0.3 is 9.32 Å². The highest BCUT2D eigenvalue weighted by Gasteiger charge is 2.20. The van der Waals surface area contributed by atoms with Gasteiger partial charge >= 0.3 is 0 Å². The molecule has 0 radical (unpaired) electrons. The second kappa shape index (κ2) is 8.73. The van der Waals surface area contributed by atoms with Gasteiger partial charge in [-0.2, -0.15) is 0 Å². The molecule has 27 heavy (non-hydrogen) atoms. The van der Waals surface area contributed by atoms with E-state index in [0.717, 1.165) is 17.1 Å². The molecule has 0 spiro atoms. The number of carbonyl (C=O) groups is 1. The summed E-state index contributed by atoms with van der Waals surface area (Å²) in [4.78, 5) is 18.7. The van der Waals surface area contributed by atoms with Crippen LogP contribution >= 0.6 is 11.8 Å². The van der Waals surface area contributed by atoms with Crippen LogP contribution in [0.25, 0.3) is 12.2 Å². The van der Waals surface area contributed by atoms with Gasteiger partial charge in [-0.15, -0.1) is 5.10 Å². The van der Waals surface area contributed by atoms with Crippen molar-refractivity contribution in [3.8, 4) is 0 Å². The number of H-pyrrole nitrogens is 1. The summed E-state index contributed by atoms with van der Waals surface area (Å²) in [6.07, 6.45) is 3.62. The summed E-state index contributed by atoms with van der Waals surface area (Å²) in [5.74, 6) is 2.26. The van der Waals surface area contributed by atoms with E-state index in [-0.39, 0.29) is 11.2 Å². The molecule has 1 amide bonds. The first-order valence-corrected chi connectivity index (χ1v) is 9.51. The predicted molar refractivity (Wildman–Crippen MR) is 107 cm³/mol. The van der Waals surface area contributed by atoms with Gasteiger partial charge in [-0.25, -0.2) is 4.98 Å². The summed E-state index contributed by atoms with van der Waals surface area (Å²) in [5, 5.41) is 7.30. The highest BCUT2D eigenvalue weighted by Crippen LogP contribution is 2.21. The molecule has 1 unspecified atom stereocenters. The lowest BCUT2D eigenvalue weighted by Crippen LogP contribution is -2.32. The topological polar surface area (TPSA) is 75.0 Å². The molecule has 2 aromatic heterocycles. The summed E-state index contributed by atoms with van der Waals surface area (Å²) in [7, 11) is 1.81. The van der Waals surface area contributed by atoms with Crippen molar-refractivity contribution in [2.24, 2.45) is 0 Å². The number of hydrogen-bond acceptors (Lipinski definition) is 5. The Morgan fingerprint density at radius 1 is 1.26 bits per heavy atom. The number of hydrogen-bond donors (Lipinski definition) is 1. The third-order valence-corrected chi connectivity index (χ3v) is 4.87. The Morgan fingerprint density at radius 2 is 2.04 bits per heavy atom. The number of aromatic nitrogens is 3. The van der Waals surface area contributed by atoms with Crippen LogP contribution in [0.2, 0.25) is 0 Å². The lowest BCUT2D eigenvalue weighted by molar-refractivity contribution is -0.129. The fraction of sp³-hybridized carbons (Fsp3) is 0.250. The summed E-state index contributed by atoms with van der Waals surface area (Å²) in [6.45, 7) is 4.34. The van der Waals surface area contributed by atoms with E-state index in [4.69, 9.17) is 4.42 Å². The van der Waals surface area contributed by atoms with Gasteiger partial charge in [0.25, 0.3) is 0 Å². The summed E-state index contributed by atoms with van der Waals surface area (Å²) < 4.78 is 5.48. The quantitative estimate of drug-likeness (QED) is 0.625. The molecule has 0 aliphatic carbocycles. The molecule has 6 nitrogen and oxygen atoms in total. The molecule has 7 heteroatoms. The maximum Gasteiger partial charge on any atom is 0.235 e. The maximum absolute atomic E-state index is 12.6. The van der Waals surface area contributed by atoms with Gasteiger partial charge in [0.05, 0.1) is 5.25 Å². The van der Waals surface area contributed by atoms with E-state index in [9.17, 15) is 4.79 Å². The van der Waals surface area contributed by atoms with Crippen molar-refractivity contribution in [2.75, 3.05) is 7.05 Å². The van der Waals surface area contributed by atoms with E-state index < -0.39 is 0 Å². The molecule has 3 aromatic rings. The molecule has 1 aromatic carbocycles. The number of thioether (sulfide) groups is 1. The van der Waals surface area contributed by atoms with Gasteiger partial charge in [-0.1, -0.05) is 42.1 Å². The zero-order valence-electron chi connectivity index (χ0n) is 15.5. The fourth-order valence-electron chi connectivity index (χ4n) is 2.54. The van der Waals surface area contributed by atoms with Gasteiger partial charge in [0, 0.05) is 13.6 Å². The van der Waals surface area contributed by atoms with Crippen molar-refractivity contribution in [1.29, 1.82) is 0 Å². The highest BCUT2D eigenvalue weighted by molar-refractivity contribution is 8.00. The molecule has 3 rings (SSSR count). The zero-order chi connectivity index (χ0) is 19.2. The standard InChI is InChI=1S/C20H22N4O2S/c1-14-9-10-17(26-14)11-12-18-21-20(23-22-18)27-15(2)19(25)24(3)13-16-7-5-4-6-8-16/h4-12,15H,13H2,1-3H3,(H,21,22,23)/b12-11+. The normalized spacial score (nSPS) is 12.4. The first kappa shape index (κ1) is 19.0. The largest absolute Gasteiger partial charge is 0.462 e. The van der Waals surface area contributed by atoms with Crippen LogP contribution in [0.5, 0.6) is 0 Å². The second-order valence-electron chi connectivity index (χ2n) is 6.22. The van der Waals surface area contributed by atoms with Crippen LogP contribution in [0.3, 0.4) is 0 Å². The molecular weight excluding hydrogens is 360 g/mol. The zero-order valence-corrected chi connectivity index (χ0v) is 16.4. The number of nitrogens with one attached hydrogen (secondary N) is 1. The van der Waals surface area contributed by atoms with Gasteiger partial charge in [0.1, 0.15) is 17.3 Å². The number of aromatic amines is 1. The molecule has 0 saturated heterocycles. The van der Waals surface area contributed by atoms with Crippen LogP contribution in [-0.2, 0) is 11.3 Å². The van der Waals surface area contributed by atoms with Crippen molar-refractivity contribution < 1.29 is 9.21 Å². The number of rotatable bonds is 7. The van der Waals surface area contributed by atoms with E-state index >= 15 is 0 Å². The SMILES string of the molecule is Cc1ccc(/C=C/c2nc(SC(C)C(=O)N(C)Cc3ccccc3)n[nH]2)o1. The number of benzene rings is 1. The molecule has 2 heterocycles. The van der Waals surface area contributed by atoms with Crippen LogP contribution in [0.1, 0.15) is 29.8 Å².